The fourth-order valence-electron chi connectivity index (χ4n) is 2.95. The summed E-state index contributed by atoms with van der Waals surface area (Å²) in [6.07, 6.45) is 0. The number of non-ortho nitro benzene ring substituents is 1. The van der Waals surface area contributed by atoms with E-state index in [9.17, 15) is 24.1 Å². The first kappa shape index (κ1) is 21.8. The first-order valence-corrected chi connectivity index (χ1v) is 10.4. The number of nitro benzene ring substituents is 1. The van der Waals surface area contributed by atoms with Gasteiger partial charge in [0.1, 0.15) is 11.5 Å². The number of carbonyl (C=O) groups excluding carboxylic acids is 2. The highest BCUT2D eigenvalue weighted by Gasteiger charge is 2.21. The van der Waals surface area contributed by atoms with Crippen molar-refractivity contribution >= 4 is 34.6 Å². The van der Waals surface area contributed by atoms with Crippen LogP contribution in [0.3, 0.4) is 0 Å². The molecule has 1 N–H and O–H groups in total. The van der Waals surface area contributed by atoms with Crippen LogP contribution < -0.4 is 5.32 Å². The monoisotopic (exact) mass is 466 g/mol. The Labute approximate surface area is 190 Å². The Bertz CT molecular complexity index is 1320. The molecule has 0 atom stereocenters. The number of hydrogen-bond donors (Lipinski definition) is 1. The average Bonchev–Trinajstić information content (AvgIpc) is 3.49. The Balaban J connectivity index is 1.51. The normalized spacial score (nSPS) is 10.6. The predicted octanol–water partition coefficient (Wildman–Crippen LogP) is 4.44. The molecule has 2 aromatic heterocycles. The van der Waals surface area contributed by atoms with Gasteiger partial charge in [-0.3, -0.25) is 14.9 Å². The summed E-state index contributed by atoms with van der Waals surface area (Å²) in [5.41, 5.74) is 0.495. The van der Waals surface area contributed by atoms with E-state index in [0.717, 1.165) is 23.1 Å². The number of benzene rings is 2. The summed E-state index contributed by atoms with van der Waals surface area (Å²) in [5.74, 6) is -2.53. The van der Waals surface area contributed by atoms with Gasteiger partial charge in [0.2, 0.25) is 0 Å². The number of nitrogens with one attached hydrogen (secondary N) is 1. The fourth-order valence-corrected chi connectivity index (χ4v) is 3.63. The number of rotatable bonds is 7. The highest BCUT2D eigenvalue weighted by molar-refractivity contribution is 7.13. The highest BCUT2D eigenvalue weighted by Crippen LogP contribution is 2.26. The van der Waals surface area contributed by atoms with Gasteiger partial charge >= 0.3 is 5.97 Å². The van der Waals surface area contributed by atoms with E-state index in [1.54, 1.807) is 30.3 Å². The first-order valence-electron chi connectivity index (χ1n) is 9.52. The Morgan fingerprint density at radius 3 is 2.61 bits per heavy atom. The van der Waals surface area contributed by atoms with Crippen molar-refractivity contribution in [2.75, 3.05) is 11.9 Å². The molecule has 4 rings (SSSR count). The van der Waals surface area contributed by atoms with E-state index in [2.05, 4.69) is 10.4 Å². The molecular formula is C22H15FN4O5S. The maximum Gasteiger partial charge on any atom is 0.357 e. The zero-order valence-electron chi connectivity index (χ0n) is 16.8. The Morgan fingerprint density at radius 1 is 1.12 bits per heavy atom. The molecule has 0 radical (unpaired) electrons. The van der Waals surface area contributed by atoms with Crippen molar-refractivity contribution in [2.45, 2.75) is 0 Å². The van der Waals surface area contributed by atoms with Crippen LogP contribution in [0.15, 0.2) is 72.1 Å². The summed E-state index contributed by atoms with van der Waals surface area (Å²) < 4.78 is 20.4. The van der Waals surface area contributed by atoms with Gasteiger partial charge in [-0.1, -0.05) is 24.3 Å². The second kappa shape index (κ2) is 9.40. The maximum absolute atomic E-state index is 13.9. The second-order valence-corrected chi connectivity index (χ2v) is 7.63. The van der Waals surface area contributed by atoms with Crippen molar-refractivity contribution in [1.82, 2.24) is 9.78 Å². The van der Waals surface area contributed by atoms with Crippen LogP contribution in [0.2, 0.25) is 0 Å². The number of amides is 1. The Kier molecular flexibility index (Phi) is 6.22. The Hall–Kier alpha value is -4.38. The van der Waals surface area contributed by atoms with Gasteiger partial charge in [0, 0.05) is 18.2 Å². The minimum absolute atomic E-state index is 0.0962. The second-order valence-electron chi connectivity index (χ2n) is 6.69. The van der Waals surface area contributed by atoms with Gasteiger partial charge in [-0.25, -0.2) is 13.9 Å². The molecule has 33 heavy (non-hydrogen) atoms. The van der Waals surface area contributed by atoms with E-state index < -0.39 is 34.9 Å². The molecule has 0 unspecified atom stereocenters. The minimum atomic E-state index is -0.858. The number of para-hydroxylation sites is 1. The zero-order chi connectivity index (χ0) is 23.4. The molecule has 0 saturated heterocycles. The van der Waals surface area contributed by atoms with Crippen LogP contribution in [0.1, 0.15) is 10.5 Å². The third kappa shape index (κ3) is 4.93. The largest absolute Gasteiger partial charge is 0.451 e. The van der Waals surface area contributed by atoms with E-state index in [-0.39, 0.29) is 11.4 Å². The number of esters is 1. The lowest BCUT2D eigenvalue weighted by molar-refractivity contribution is -0.384. The van der Waals surface area contributed by atoms with Gasteiger partial charge in [-0.15, -0.1) is 11.3 Å². The van der Waals surface area contributed by atoms with Gasteiger partial charge in [-0.05, 0) is 29.6 Å². The molecule has 0 aliphatic carbocycles. The van der Waals surface area contributed by atoms with Crippen LogP contribution in [0.4, 0.5) is 15.8 Å². The molecule has 0 bridgehead atoms. The van der Waals surface area contributed by atoms with Gasteiger partial charge in [0.25, 0.3) is 11.6 Å². The molecule has 4 aromatic rings. The lowest BCUT2D eigenvalue weighted by Gasteiger charge is -2.09. The number of carbonyl (C=O) groups is 2. The molecule has 11 heteroatoms. The SMILES string of the molecule is O=C(COC(=O)c1cc(-c2cccs2)nn1-c1ccccc1)Nc1cc([N+](=O)[O-])ccc1F. The van der Waals surface area contributed by atoms with Gasteiger partial charge in [0.15, 0.2) is 12.3 Å². The molecule has 1 amide bonds. The quantitative estimate of drug-likeness (QED) is 0.244. The summed E-state index contributed by atoms with van der Waals surface area (Å²) in [6.45, 7) is -0.727. The predicted molar refractivity (Wildman–Crippen MR) is 119 cm³/mol. The lowest BCUT2D eigenvalue weighted by atomic mass is 10.2. The third-order valence-corrected chi connectivity index (χ3v) is 5.35. The van der Waals surface area contributed by atoms with E-state index >= 15 is 0 Å². The number of ether oxygens (including phenoxy) is 1. The molecule has 0 aliphatic heterocycles. The number of halogens is 1. The summed E-state index contributed by atoms with van der Waals surface area (Å²) in [4.78, 5) is 35.9. The van der Waals surface area contributed by atoms with E-state index in [4.69, 9.17) is 4.74 Å². The van der Waals surface area contributed by atoms with Crippen molar-refractivity contribution in [1.29, 1.82) is 0 Å². The summed E-state index contributed by atoms with van der Waals surface area (Å²) in [5, 5.41) is 19.4. The van der Waals surface area contributed by atoms with Crippen LogP contribution in [0, 0.1) is 15.9 Å². The standard InChI is InChI=1S/C22H15FN4O5S/c23-16-9-8-15(27(30)31)11-17(16)24-21(28)13-32-22(29)19-12-18(20-7-4-10-33-20)25-26(19)14-5-2-1-3-6-14/h1-12H,13H2,(H,24,28). The van der Waals surface area contributed by atoms with Crippen LogP contribution in [0.25, 0.3) is 16.3 Å². The van der Waals surface area contributed by atoms with Crippen molar-refractivity contribution in [3.8, 4) is 16.3 Å². The average molecular weight is 466 g/mol. The van der Waals surface area contributed by atoms with Crippen LogP contribution in [0.5, 0.6) is 0 Å². The van der Waals surface area contributed by atoms with Gasteiger partial charge < -0.3 is 10.1 Å². The molecule has 166 valence electrons. The third-order valence-electron chi connectivity index (χ3n) is 4.46. The minimum Gasteiger partial charge on any atom is -0.451 e. The molecule has 2 aromatic carbocycles. The van der Waals surface area contributed by atoms with Crippen molar-refractivity contribution in [3.63, 3.8) is 0 Å². The zero-order valence-corrected chi connectivity index (χ0v) is 17.6. The number of nitrogens with zero attached hydrogens (tertiary/aromatic N) is 3. The van der Waals surface area contributed by atoms with E-state index in [1.807, 2.05) is 23.6 Å². The summed E-state index contributed by atoms with van der Waals surface area (Å²) >= 11 is 1.45. The van der Waals surface area contributed by atoms with Crippen LogP contribution in [-0.4, -0.2) is 33.2 Å². The van der Waals surface area contributed by atoms with E-state index in [1.165, 1.54) is 16.0 Å². The molecular weight excluding hydrogens is 451 g/mol. The summed E-state index contributed by atoms with van der Waals surface area (Å²) in [6, 6.07) is 16.9. The van der Waals surface area contributed by atoms with Crippen molar-refractivity contribution in [2.24, 2.45) is 0 Å². The summed E-state index contributed by atoms with van der Waals surface area (Å²) in [7, 11) is 0. The maximum atomic E-state index is 13.9. The Morgan fingerprint density at radius 2 is 1.91 bits per heavy atom. The van der Waals surface area contributed by atoms with Crippen LogP contribution in [-0.2, 0) is 9.53 Å². The molecule has 0 spiro atoms. The van der Waals surface area contributed by atoms with E-state index in [0.29, 0.717) is 11.4 Å². The molecule has 0 aliphatic rings. The molecule has 0 fully saturated rings. The number of aromatic nitrogens is 2. The number of nitro groups is 1. The van der Waals surface area contributed by atoms with Crippen molar-refractivity contribution < 1.29 is 23.6 Å². The molecule has 9 nitrogen and oxygen atoms in total. The number of hydrogen-bond acceptors (Lipinski definition) is 7. The van der Waals surface area contributed by atoms with Crippen molar-refractivity contribution in [3.05, 3.63) is 93.7 Å². The number of thiophene rings is 1. The molecule has 0 saturated carbocycles. The topological polar surface area (TPSA) is 116 Å². The molecule has 2 heterocycles. The first-order chi connectivity index (χ1) is 15.9. The fraction of sp³-hybridized carbons (Fsp3) is 0.0455. The smallest absolute Gasteiger partial charge is 0.357 e. The van der Waals surface area contributed by atoms with Gasteiger partial charge in [0.05, 0.1) is 21.2 Å². The lowest BCUT2D eigenvalue weighted by Crippen LogP contribution is -2.22. The van der Waals surface area contributed by atoms with Gasteiger partial charge in [-0.2, -0.15) is 5.10 Å². The van der Waals surface area contributed by atoms with Crippen LogP contribution >= 0.6 is 11.3 Å². The highest BCUT2D eigenvalue weighted by atomic mass is 32.1. The number of anilines is 1.